The van der Waals surface area contributed by atoms with Gasteiger partial charge in [0.25, 0.3) is 0 Å². The molecule has 17 heavy (non-hydrogen) atoms. The molecule has 0 N–H and O–H groups in total. The minimum absolute atomic E-state index is 0.964. The molecule has 1 aliphatic carbocycles. The van der Waals surface area contributed by atoms with Crippen LogP contribution in [0.25, 0.3) is 0 Å². The Labute approximate surface area is 106 Å². The molecule has 1 aromatic carbocycles. The second-order valence-electron chi connectivity index (χ2n) is 5.58. The van der Waals surface area contributed by atoms with Crippen molar-refractivity contribution < 1.29 is 0 Å². The highest BCUT2D eigenvalue weighted by Gasteiger charge is 2.17. The summed E-state index contributed by atoms with van der Waals surface area (Å²) in [5, 5.41) is 0. The molecule has 0 aliphatic heterocycles. The first-order valence-electron chi connectivity index (χ1n) is 7.47. The van der Waals surface area contributed by atoms with E-state index < -0.39 is 0 Å². The minimum Gasteiger partial charge on any atom is -0.0654 e. The zero-order valence-corrected chi connectivity index (χ0v) is 11.3. The molecule has 1 aromatic rings. The highest BCUT2D eigenvalue weighted by molar-refractivity contribution is 5.29. The summed E-state index contributed by atoms with van der Waals surface area (Å²) >= 11 is 0. The molecule has 94 valence electrons. The Morgan fingerprint density at radius 3 is 2.59 bits per heavy atom. The fraction of sp³-hybridized carbons (Fsp3) is 0.647. The molecule has 0 heteroatoms. The molecule has 0 amide bonds. The van der Waals surface area contributed by atoms with Crippen molar-refractivity contribution in [2.45, 2.75) is 64.7 Å². The van der Waals surface area contributed by atoms with Gasteiger partial charge in [-0.1, -0.05) is 69.7 Å². The van der Waals surface area contributed by atoms with E-state index in [1.54, 1.807) is 11.1 Å². The zero-order valence-electron chi connectivity index (χ0n) is 11.3. The van der Waals surface area contributed by atoms with Gasteiger partial charge in [0.15, 0.2) is 0 Å². The van der Waals surface area contributed by atoms with Crippen molar-refractivity contribution in [1.29, 1.82) is 0 Å². The van der Waals surface area contributed by atoms with Crippen molar-refractivity contribution in [2.75, 3.05) is 0 Å². The van der Waals surface area contributed by atoms with Gasteiger partial charge in [-0.3, -0.25) is 0 Å². The number of unbranched alkanes of at least 4 members (excludes halogenated alkanes) is 4. The second kappa shape index (κ2) is 6.83. The molecule has 0 nitrogen and oxygen atoms in total. The fourth-order valence-electron chi connectivity index (χ4n) is 3.06. The van der Waals surface area contributed by atoms with Crippen LogP contribution in [0.15, 0.2) is 24.3 Å². The summed E-state index contributed by atoms with van der Waals surface area (Å²) in [6.45, 7) is 2.29. The Morgan fingerprint density at radius 2 is 1.76 bits per heavy atom. The van der Waals surface area contributed by atoms with Crippen LogP contribution in [0.1, 0.15) is 63.0 Å². The van der Waals surface area contributed by atoms with E-state index in [9.17, 15) is 0 Å². The molecule has 0 bridgehead atoms. The van der Waals surface area contributed by atoms with Crippen molar-refractivity contribution >= 4 is 0 Å². The van der Waals surface area contributed by atoms with Gasteiger partial charge in [-0.2, -0.15) is 0 Å². The second-order valence-corrected chi connectivity index (χ2v) is 5.58. The largest absolute Gasteiger partial charge is 0.0654 e. The van der Waals surface area contributed by atoms with E-state index in [0.717, 1.165) is 5.92 Å². The van der Waals surface area contributed by atoms with Crippen LogP contribution in [0, 0.1) is 5.92 Å². The van der Waals surface area contributed by atoms with Crippen molar-refractivity contribution in [2.24, 2.45) is 5.92 Å². The molecule has 0 aromatic heterocycles. The van der Waals surface area contributed by atoms with Gasteiger partial charge < -0.3 is 0 Å². The Kier molecular flexibility index (Phi) is 5.09. The third-order valence-electron chi connectivity index (χ3n) is 4.16. The number of hydrogen-bond donors (Lipinski definition) is 0. The van der Waals surface area contributed by atoms with Crippen LogP contribution in [0.4, 0.5) is 0 Å². The minimum atomic E-state index is 0.964. The lowest BCUT2D eigenvalue weighted by Gasteiger charge is -2.24. The van der Waals surface area contributed by atoms with E-state index in [1.807, 2.05) is 0 Å². The van der Waals surface area contributed by atoms with Gasteiger partial charge >= 0.3 is 0 Å². The van der Waals surface area contributed by atoms with Crippen molar-refractivity contribution in [3.8, 4) is 0 Å². The van der Waals surface area contributed by atoms with E-state index in [-0.39, 0.29) is 0 Å². The van der Waals surface area contributed by atoms with Crippen molar-refractivity contribution in [1.82, 2.24) is 0 Å². The van der Waals surface area contributed by atoms with Crippen LogP contribution in [0.2, 0.25) is 0 Å². The topological polar surface area (TPSA) is 0 Å². The van der Waals surface area contributed by atoms with Crippen LogP contribution >= 0.6 is 0 Å². The lowest BCUT2D eigenvalue weighted by Crippen LogP contribution is -2.14. The van der Waals surface area contributed by atoms with E-state index in [4.69, 9.17) is 0 Å². The van der Waals surface area contributed by atoms with E-state index in [0.29, 0.717) is 0 Å². The van der Waals surface area contributed by atoms with Gasteiger partial charge in [-0.25, -0.2) is 0 Å². The van der Waals surface area contributed by atoms with Gasteiger partial charge in [-0.15, -0.1) is 0 Å². The number of benzene rings is 1. The number of fused-ring (bicyclic) bond motifs is 1. The predicted octanol–water partition coefficient (Wildman–Crippen LogP) is 5.15. The predicted molar refractivity (Wildman–Crippen MR) is 75.3 cm³/mol. The molecular formula is C17H26. The lowest BCUT2D eigenvalue weighted by atomic mass is 9.81. The average molecular weight is 230 g/mol. The van der Waals surface area contributed by atoms with Crippen LogP contribution in [-0.2, 0) is 12.8 Å². The smallest absolute Gasteiger partial charge is 0.0248 e. The van der Waals surface area contributed by atoms with Gasteiger partial charge in [0.1, 0.15) is 0 Å². The molecule has 0 heterocycles. The summed E-state index contributed by atoms with van der Waals surface area (Å²) in [5.74, 6) is 0.964. The Morgan fingerprint density at radius 1 is 1.00 bits per heavy atom. The van der Waals surface area contributed by atoms with Crippen LogP contribution in [-0.4, -0.2) is 0 Å². The Balaban J connectivity index is 1.71. The summed E-state index contributed by atoms with van der Waals surface area (Å²) in [6.07, 6.45) is 12.7. The molecule has 2 rings (SSSR count). The van der Waals surface area contributed by atoms with Crippen molar-refractivity contribution in [3.05, 3.63) is 35.4 Å². The average Bonchev–Trinajstić information content (AvgIpc) is 2.38. The van der Waals surface area contributed by atoms with Gasteiger partial charge in [-0.05, 0) is 36.3 Å². The maximum absolute atomic E-state index is 2.33. The van der Waals surface area contributed by atoms with Gasteiger partial charge in [0, 0.05) is 0 Å². The first-order valence-corrected chi connectivity index (χ1v) is 7.47. The summed E-state index contributed by atoms with van der Waals surface area (Å²) in [5.41, 5.74) is 3.23. The number of aryl methyl sites for hydroxylation is 1. The molecule has 0 fully saturated rings. The van der Waals surface area contributed by atoms with Crippen LogP contribution in [0.3, 0.4) is 0 Å². The van der Waals surface area contributed by atoms with E-state index >= 15 is 0 Å². The summed E-state index contributed by atoms with van der Waals surface area (Å²) < 4.78 is 0. The summed E-state index contributed by atoms with van der Waals surface area (Å²) in [6, 6.07) is 9.03. The third-order valence-corrected chi connectivity index (χ3v) is 4.16. The first kappa shape index (κ1) is 12.7. The highest BCUT2D eigenvalue weighted by Crippen LogP contribution is 2.28. The molecule has 0 spiro atoms. The van der Waals surface area contributed by atoms with Crippen LogP contribution in [0.5, 0.6) is 0 Å². The maximum atomic E-state index is 2.33. The lowest BCUT2D eigenvalue weighted by molar-refractivity contribution is 0.405. The molecular weight excluding hydrogens is 204 g/mol. The first-order chi connectivity index (χ1) is 8.40. The highest BCUT2D eigenvalue weighted by atomic mass is 14.2. The molecule has 1 unspecified atom stereocenters. The third kappa shape index (κ3) is 3.87. The molecule has 1 atom stereocenters. The van der Waals surface area contributed by atoms with Gasteiger partial charge in [0.05, 0.1) is 0 Å². The van der Waals surface area contributed by atoms with E-state index in [1.165, 1.54) is 57.8 Å². The van der Waals surface area contributed by atoms with Crippen LogP contribution < -0.4 is 0 Å². The standard InChI is InChI=1S/C17H26/c1-2-3-4-5-6-9-15-12-13-16-10-7-8-11-17(16)14-15/h7-8,10-11,15H,2-6,9,12-14H2,1H3. The number of rotatable bonds is 6. The molecule has 0 saturated carbocycles. The van der Waals surface area contributed by atoms with Gasteiger partial charge in [0.2, 0.25) is 0 Å². The molecule has 0 saturated heterocycles. The Bertz CT molecular complexity index is 327. The fourth-order valence-corrected chi connectivity index (χ4v) is 3.06. The van der Waals surface area contributed by atoms with E-state index in [2.05, 4.69) is 31.2 Å². The normalized spacial score (nSPS) is 19.0. The summed E-state index contributed by atoms with van der Waals surface area (Å²) in [4.78, 5) is 0. The monoisotopic (exact) mass is 230 g/mol. The zero-order chi connectivity index (χ0) is 11.9. The maximum Gasteiger partial charge on any atom is -0.0248 e. The Hall–Kier alpha value is -0.780. The number of hydrogen-bond acceptors (Lipinski definition) is 0. The summed E-state index contributed by atoms with van der Waals surface area (Å²) in [7, 11) is 0. The molecule has 1 aliphatic rings. The SMILES string of the molecule is CCCCCCCC1CCc2ccccc2C1. The molecule has 0 radical (unpaired) electrons. The quantitative estimate of drug-likeness (QED) is 0.593. The van der Waals surface area contributed by atoms with Crippen molar-refractivity contribution in [3.63, 3.8) is 0 Å².